The van der Waals surface area contributed by atoms with E-state index in [1.54, 1.807) is 0 Å². The Labute approximate surface area is 58.4 Å². The van der Waals surface area contributed by atoms with E-state index >= 15 is 0 Å². The molecule has 0 N–H and O–H groups in total. The van der Waals surface area contributed by atoms with Gasteiger partial charge in [-0.2, -0.15) is 0 Å². The molecule has 49 valence electrons. The fraction of sp³-hybridized carbons (Fsp3) is 0.571. The Kier molecular flexibility index (Phi) is 4.11. The molecule has 0 aliphatic rings. The summed E-state index contributed by atoms with van der Waals surface area (Å²) in [5.74, 6) is 1.53. The number of allylic oxidation sites excluding steroid dienone is 1. The van der Waals surface area contributed by atoms with E-state index in [0.29, 0.717) is 6.04 Å². The van der Waals surface area contributed by atoms with Crippen molar-refractivity contribution < 1.29 is 0 Å². The van der Waals surface area contributed by atoms with E-state index in [2.05, 4.69) is 18.7 Å². The molecule has 0 aromatic carbocycles. The first-order valence-electron chi connectivity index (χ1n) is 3.12. The van der Waals surface area contributed by atoms with Gasteiger partial charge in [0.05, 0.1) is 0 Å². The van der Waals surface area contributed by atoms with Crippen LogP contribution in [0.5, 0.6) is 0 Å². The first kappa shape index (κ1) is 8.47. The summed E-state index contributed by atoms with van der Waals surface area (Å²) in [6, 6.07) is 0.543. The topological polar surface area (TPSA) is 3.24 Å². The van der Waals surface area contributed by atoms with Crippen molar-refractivity contribution in [3.63, 3.8) is 0 Å². The average molecular weight is 122 g/mol. The van der Waals surface area contributed by atoms with Crippen LogP contribution in [0.3, 0.4) is 0 Å². The van der Waals surface area contributed by atoms with Crippen molar-refractivity contribution in [3.05, 3.63) is 12.3 Å². The monoisotopic (exact) mass is 122 g/mol. The second-order valence-corrected chi connectivity index (χ2v) is 2.29. The average Bonchev–Trinajstić information content (AvgIpc) is 1.82. The number of hydrogen-bond acceptors (Lipinski definition) is 1. The molecule has 1 nitrogen and oxygen atoms in total. The molecule has 0 spiro atoms. The van der Waals surface area contributed by atoms with Crippen LogP contribution < -0.4 is 0 Å². The molecule has 9 heavy (non-hydrogen) atoms. The van der Waals surface area contributed by atoms with Gasteiger partial charge in [-0.05, 0) is 0 Å². The first-order chi connectivity index (χ1) is 4.18. The van der Waals surface area contributed by atoms with Crippen LogP contribution in [-0.2, 0) is 0 Å². The van der Waals surface area contributed by atoms with Gasteiger partial charge >= 0.3 is 57.6 Å². The second-order valence-electron chi connectivity index (χ2n) is 2.29. The van der Waals surface area contributed by atoms with Crippen LogP contribution in [0.4, 0.5) is 0 Å². The van der Waals surface area contributed by atoms with E-state index < -0.39 is 0 Å². The van der Waals surface area contributed by atoms with Gasteiger partial charge in [-0.15, -0.1) is 0 Å². The number of hydrogen-bond donors (Lipinski definition) is 0. The fourth-order valence-electron chi connectivity index (χ4n) is 0.358. The predicted octanol–water partition coefficient (Wildman–Crippen LogP) is 0.811. The van der Waals surface area contributed by atoms with Crippen molar-refractivity contribution in [3.8, 4) is 0 Å². The van der Waals surface area contributed by atoms with Crippen LogP contribution in [-0.4, -0.2) is 31.4 Å². The molecule has 0 saturated heterocycles. The summed E-state index contributed by atoms with van der Waals surface area (Å²) in [6.07, 6.45) is 3.77. The molecule has 1 radical (unpaired) electrons. The molecule has 0 aliphatic carbocycles. The maximum absolute atomic E-state index is 5.14. The van der Waals surface area contributed by atoms with Gasteiger partial charge in [0, 0.05) is 0 Å². The van der Waals surface area contributed by atoms with Crippen molar-refractivity contribution in [1.29, 1.82) is 0 Å². The molecule has 2 heteroatoms. The fourth-order valence-corrected chi connectivity index (χ4v) is 0.358. The van der Waals surface area contributed by atoms with Crippen LogP contribution in [0.25, 0.3) is 0 Å². The third-order valence-electron chi connectivity index (χ3n) is 1.25. The summed E-state index contributed by atoms with van der Waals surface area (Å²) in [6.45, 7) is 4.25. The zero-order valence-electron chi connectivity index (χ0n) is 6.33. The molecule has 0 amide bonds. The summed E-state index contributed by atoms with van der Waals surface area (Å²) < 4.78 is 0. The standard InChI is InChI=1S/C7H13BN/c1-7(2)9(3)6-4-5-8/h4-7H,1-3H3/b6-4-. The molecule has 0 fully saturated rings. The quantitative estimate of drug-likeness (QED) is 0.500. The minimum atomic E-state index is 0.543. The number of nitrogens with zero attached hydrogens (tertiary/aromatic N) is 1. The van der Waals surface area contributed by atoms with Crippen molar-refractivity contribution in [2.45, 2.75) is 19.9 Å². The van der Waals surface area contributed by atoms with Gasteiger partial charge in [-0.25, -0.2) is 0 Å². The predicted molar refractivity (Wildman–Crippen MR) is 43.9 cm³/mol. The Hall–Kier alpha value is -0.525. The van der Waals surface area contributed by atoms with Crippen molar-refractivity contribution in [2.75, 3.05) is 7.05 Å². The molecular weight excluding hydrogens is 109 g/mol. The molecular formula is C7H13BN. The zero-order valence-corrected chi connectivity index (χ0v) is 6.33. The van der Waals surface area contributed by atoms with Gasteiger partial charge in [-0.3, -0.25) is 0 Å². The minimum absolute atomic E-state index is 0.543. The molecule has 0 unspecified atom stereocenters. The van der Waals surface area contributed by atoms with Gasteiger partial charge in [0.25, 0.3) is 0 Å². The van der Waals surface area contributed by atoms with Gasteiger partial charge in [-0.1, -0.05) is 0 Å². The SMILES string of the molecule is [B]=C/C=C\N(C)C(C)C. The van der Waals surface area contributed by atoms with Crippen LogP contribution in [0, 0.1) is 0 Å². The first-order valence-corrected chi connectivity index (χ1v) is 3.12. The molecule has 0 aromatic rings. The summed E-state index contributed by atoms with van der Waals surface area (Å²) >= 11 is 0. The third kappa shape index (κ3) is 4.01. The molecule has 0 aromatic heterocycles. The molecule has 0 bridgehead atoms. The van der Waals surface area contributed by atoms with E-state index in [9.17, 15) is 0 Å². The summed E-state index contributed by atoms with van der Waals surface area (Å²) in [5, 5.41) is 0. The van der Waals surface area contributed by atoms with Crippen LogP contribution in [0.15, 0.2) is 12.3 Å². The van der Waals surface area contributed by atoms with E-state index in [0.717, 1.165) is 0 Å². The van der Waals surface area contributed by atoms with E-state index in [-0.39, 0.29) is 0 Å². The Balaban J connectivity index is 3.61. The Morgan fingerprint density at radius 1 is 1.44 bits per heavy atom. The molecule has 0 rings (SSSR count). The summed E-state index contributed by atoms with van der Waals surface area (Å²) in [5.41, 5.74) is 0. The van der Waals surface area contributed by atoms with Gasteiger partial charge in [0.15, 0.2) is 0 Å². The maximum atomic E-state index is 5.14. The van der Waals surface area contributed by atoms with Crippen molar-refractivity contribution in [2.24, 2.45) is 0 Å². The Morgan fingerprint density at radius 3 is 2.33 bits per heavy atom. The summed E-state index contributed by atoms with van der Waals surface area (Å²) in [4.78, 5) is 2.09. The van der Waals surface area contributed by atoms with Gasteiger partial charge < -0.3 is 0 Å². The van der Waals surface area contributed by atoms with Crippen molar-refractivity contribution in [1.82, 2.24) is 4.90 Å². The van der Waals surface area contributed by atoms with Crippen molar-refractivity contribution >= 4 is 13.5 Å². The Bertz CT molecular complexity index is 107. The summed E-state index contributed by atoms with van der Waals surface area (Å²) in [7, 11) is 7.16. The Morgan fingerprint density at radius 2 is 2.00 bits per heavy atom. The number of rotatable bonds is 3. The molecule has 0 aliphatic heterocycles. The normalized spacial score (nSPS) is 10.6. The molecule has 0 heterocycles. The van der Waals surface area contributed by atoms with E-state index in [1.165, 1.54) is 5.97 Å². The van der Waals surface area contributed by atoms with Crippen LogP contribution >= 0.6 is 0 Å². The molecule has 0 atom stereocenters. The van der Waals surface area contributed by atoms with E-state index in [1.807, 2.05) is 19.3 Å². The van der Waals surface area contributed by atoms with Gasteiger partial charge in [0.1, 0.15) is 0 Å². The second kappa shape index (κ2) is 4.36. The van der Waals surface area contributed by atoms with Crippen LogP contribution in [0.2, 0.25) is 0 Å². The zero-order chi connectivity index (χ0) is 7.28. The van der Waals surface area contributed by atoms with Gasteiger partial charge in [0.2, 0.25) is 0 Å². The third-order valence-corrected chi connectivity index (χ3v) is 1.25. The molecule has 0 saturated carbocycles. The van der Waals surface area contributed by atoms with E-state index in [4.69, 9.17) is 7.49 Å². The van der Waals surface area contributed by atoms with Crippen LogP contribution in [0.1, 0.15) is 13.8 Å².